The van der Waals surface area contributed by atoms with Gasteiger partial charge >= 0.3 is 0 Å². The summed E-state index contributed by atoms with van der Waals surface area (Å²) in [6.07, 6.45) is 3.32. The number of amides is 1. The van der Waals surface area contributed by atoms with E-state index in [0.29, 0.717) is 24.4 Å². The Balaban J connectivity index is 1.20. The number of sulfonamides is 1. The molecule has 0 aromatic heterocycles. The van der Waals surface area contributed by atoms with Crippen LogP contribution >= 0.6 is 11.6 Å². The highest BCUT2D eigenvalue weighted by Crippen LogP contribution is 2.31. The van der Waals surface area contributed by atoms with Crippen molar-refractivity contribution in [2.75, 3.05) is 19.6 Å². The molecule has 9 heteroatoms. The molecule has 7 nitrogen and oxygen atoms in total. The Morgan fingerprint density at radius 2 is 1.76 bits per heavy atom. The molecule has 3 heterocycles. The second-order valence-corrected chi connectivity index (χ2v) is 10.9. The van der Waals surface area contributed by atoms with Gasteiger partial charge in [0.25, 0.3) is 10.0 Å². The molecule has 0 unspecified atom stereocenters. The highest BCUT2D eigenvalue weighted by molar-refractivity contribution is 7.90. The fourth-order valence-electron chi connectivity index (χ4n) is 4.97. The Bertz CT molecular complexity index is 1170. The van der Waals surface area contributed by atoms with Gasteiger partial charge in [-0.05, 0) is 55.5 Å². The Hall–Kier alpha value is -2.42. The van der Waals surface area contributed by atoms with Crippen LogP contribution in [0.25, 0.3) is 0 Å². The molecular weight excluding hydrogens is 460 g/mol. The van der Waals surface area contributed by atoms with Crippen molar-refractivity contribution < 1.29 is 13.2 Å². The van der Waals surface area contributed by atoms with Crippen LogP contribution in [0, 0.1) is 0 Å². The zero-order valence-corrected chi connectivity index (χ0v) is 19.9. The van der Waals surface area contributed by atoms with E-state index in [1.165, 1.54) is 5.56 Å². The summed E-state index contributed by atoms with van der Waals surface area (Å²) in [5, 5.41) is 3.96. The van der Waals surface area contributed by atoms with E-state index in [0.717, 1.165) is 43.9 Å². The van der Waals surface area contributed by atoms with Crippen LogP contribution in [0.5, 0.6) is 0 Å². The maximum Gasteiger partial charge on any atom is 0.285 e. The molecule has 2 aromatic rings. The topological polar surface area (TPSA) is 82.1 Å². The average Bonchev–Trinajstić information content (AvgIpc) is 3.40. The lowest BCUT2D eigenvalue weighted by molar-refractivity contribution is -0.125. The molecule has 174 valence electrons. The number of nitrogens with one attached hydrogen (secondary N) is 1. The van der Waals surface area contributed by atoms with Crippen molar-refractivity contribution in [1.29, 1.82) is 0 Å². The van der Waals surface area contributed by atoms with E-state index >= 15 is 0 Å². The molecule has 1 atom stereocenters. The van der Waals surface area contributed by atoms with Crippen LogP contribution in [0.15, 0.2) is 57.8 Å². The number of carbonyl (C=O) groups is 1. The summed E-state index contributed by atoms with van der Waals surface area (Å²) >= 11 is 5.97. The number of likely N-dealkylation sites (tertiary alicyclic amines) is 2. The van der Waals surface area contributed by atoms with Crippen LogP contribution in [-0.2, 0) is 21.4 Å². The highest BCUT2D eigenvalue weighted by atomic mass is 35.5. The van der Waals surface area contributed by atoms with Gasteiger partial charge in [0, 0.05) is 42.8 Å². The van der Waals surface area contributed by atoms with Gasteiger partial charge in [-0.2, -0.15) is 8.42 Å². The molecule has 2 fully saturated rings. The van der Waals surface area contributed by atoms with Gasteiger partial charge in [0.1, 0.15) is 10.9 Å². The molecule has 0 radical (unpaired) electrons. The highest BCUT2D eigenvalue weighted by Gasteiger charge is 2.39. The maximum atomic E-state index is 13.2. The minimum Gasteiger partial charge on any atom is -0.351 e. The van der Waals surface area contributed by atoms with Crippen molar-refractivity contribution in [2.45, 2.75) is 49.2 Å². The molecule has 3 aliphatic heterocycles. The number of amidine groups is 1. The lowest BCUT2D eigenvalue weighted by Crippen LogP contribution is -2.51. The van der Waals surface area contributed by atoms with E-state index < -0.39 is 16.1 Å². The predicted molar refractivity (Wildman–Crippen MR) is 128 cm³/mol. The van der Waals surface area contributed by atoms with E-state index in [2.05, 4.69) is 26.7 Å². The van der Waals surface area contributed by atoms with Gasteiger partial charge in [-0.15, -0.1) is 4.40 Å². The fourth-order valence-corrected chi connectivity index (χ4v) is 6.31. The van der Waals surface area contributed by atoms with Crippen molar-refractivity contribution in [3.05, 3.63) is 64.7 Å². The van der Waals surface area contributed by atoms with E-state index in [1.54, 1.807) is 24.3 Å². The second kappa shape index (κ2) is 9.08. The summed E-state index contributed by atoms with van der Waals surface area (Å²) in [5.74, 6) is 0.370. The Morgan fingerprint density at radius 3 is 2.52 bits per heavy atom. The molecule has 0 saturated carbocycles. The molecule has 2 aromatic carbocycles. The van der Waals surface area contributed by atoms with Gasteiger partial charge in [-0.25, -0.2) is 0 Å². The predicted octanol–water partition coefficient (Wildman–Crippen LogP) is 3.03. The number of benzene rings is 2. The van der Waals surface area contributed by atoms with Crippen LogP contribution in [0.2, 0.25) is 5.02 Å². The first-order valence-electron chi connectivity index (χ1n) is 11.4. The van der Waals surface area contributed by atoms with Crippen LogP contribution in [-0.4, -0.2) is 61.7 Å². The first-order chi connectivity index (χ1) is 15.9. The third kappa shape index (κ3) is 4.65. The minimum atomic E-state index is -3.70. The number of hydrogen-bond acceptors (Lipinski definition) is 5. The molecule has 3 aliphatic rings. The van der Waals surface area contributed by atoms with Crippen molar-refractivity contribution >= 4 is 33.4 Å². The summed E-state index contributed by atoms with van der Waals surface area (Å²) in [6.45, 7) is 3.34. The number of hydrogen-bond donors (Lipinski definition) is 1. The summed E-state index contributed by atoms with van der Waals surface area (Å²) in [7, 11) is -3.70. The molecule has 33 heavy (non-hydrogen) atoms. The Labute approximate surface area is 199 Å². The molecular formula is C24H27ClN4O3S. The van der Waals surface area contributed by atoms with Crippen LogP contribution in [0.1, 0.15) is 36.8 Å². The molecule has 5 rings (SSSR count). The number of nitrogens with zero attached hydrogens (tertiary/aromatic N) is 3. The summed E-state index contributed by atoms with van der Waals surface area (Å²) in [6, 6.07) is 14.5. The lowest BCUT2D eigenvalue weighted by atomic mass is 10.0. The Morgan fingerprint density at radius 1 is 1.03 bits per heavy atom. The van der Waals surface area contributed by atoms with Crippen LogP contribution in [0.4, 0.5) is 0 Å². The van der Waals surface area contributed by atoms with E-state index in [1.807, 2.05) is 17.0 Å². The average molecular weight is 487 g/mol. The normalized spacial score (nSPS) is 22.8. The number of halogens is 1. The number of carbonyl (C=O) groups excluding carboxylic acids is 1. The Kier molecular flexibility index (Phi) is 6.16. The van der Waals surface area contributed by atoms with Gasteiger partial charge in [-0.1, -0.05) is 35.9 Å². The van der Waals surface area contributed by atoms with Crippen molar-refractivity contribution in [1.82, 2.24) is 15.1 Å². The summed E-state index contributed by atoms with van der Waals surface area (Å²) in [4.78, 5) is 17.7. The standard InChI is InChI=1S/C24H27ClN4O3S/c25-18-9-7-17(8-10-18)16-28-14-11-19(12-15-28)26-24(30)21-5-3-13-29(21)23-20-4-1-2-6-22(20)33(31,32)27-23/h1-2,4,6-10,19,21H,3,5,11-16H2,(H,26,30)/t21-/m0/s1. The smallest absolute Gasteiger partial charge is 0.285 e. The zero-order valence-electron chi connectivity index (χ0n) is 18.3. The van der Waals surface area contributed by atoms with Crippen molar-refractivity contribution in [2.24, 2.45) is 4.40 Å². The van der Waals surface area contributed by atoms with Crippen molar-refractivity contribution in [3.8, 4) is 0 Å². The lowest BCUT2D eigenvalue weighted by Gasteiger charge is -2.34. The first kappa shape index (κ1) is 22.4. The van der Waals surface area contributed by atoms with E-state index in [-0.39, 0.29) is 16.8 Å². The minimum absolute atomic E-state index is 0.0341. The second-order valence-electron chi connectivity index (χ2n) is 8.92. The van der Waals surface area contributed by atoms with Crippen LogP contribution < -0.4 is 5.32 Å². The third-order valence-corrected chi connectivity index (χ3v) is 8.27. The molecule has 0 bridgehead atoms. The summed E-state index contributed by atoms with van der Waals surface area (Å²) in [5.41, 5.74) is 1.82. The maximum absolute atomic E-state index is 13.2. The first-order valence-corrected chi connectivity index (χ1v) is 13.2. The van der Waals surface area contributed by atoms with Gasteiger partial charge < -0.3 is 10.2 Å². The number of rotatable bonds is 4. The quantitative estimate of drug-likeness (QED) is 0.718. The van der Waals surface area contributed by atoms with Gasteiger partial charge in [0.15, 0.2) is 5.84 Å². The third-order valence-electron chi connectivity index (χ3n) is 6.69. The van der Waals surface area contributed by atoms with E-state index in [4.69, 9.17) is 11.6 Å². The monoisotopic (exact) mass is 486 g/mol. The number of piperidine rings is 1. The largest absolute Gasteiger partial charge is 0.351 e. The van der Waals surface area contributed by atoms with Gasteiger partial charge in [0.05, 0.1) is 0 Å². The molecule has 1 N–H and O–H groups in total. The zero-order chi connectivity index (χ0) is 23.0. The van der Waals surface area contributed by atoms with E-state index in [9.17, 15) is 13.2 Å². The summed E-state index contributed by atoms with van der Waals surface area (Å²) < 4.78 is 29.0. The van der Waals surface area contributed by atoms with Gasteiger partial charge in [-0.3, -0.25) is 9.69 Å². The van der Waals surface area contributed by atoms with Crippen LogP contribution in [0.3, 0.4) is 0 Å². The van der Waals surface area contributed by atoms with Crippen molar-refractivity contribution in [3.63, 3.8) is 0 Å². The van der Waals surface area contributed by atoms with Gasteiger partial charge in [0.2, 0.25) is 5.91 Å². The molecule has 2 saturated heterocycles. The molecule has 0 aliphatic carbocycles. The molecule has 1 amide bonds. The number of fused-ring (bicyclic) bond motifs is 1. The molecule has 0 spiro atoms. The fraction of sp³-hybridized carbons (Fsp3) is 0.417. The SMILES string of the molecule is O=C(NC1CCN(Cc2ccc(Cl)cc2)CC1)[C@@H]1CCCN1C1=NS(=O)(=O)c2ccccc21.